The third-order valence-corrected chi connectivity index (χ3v) is 1.73. The van der Waals surface area contributed by atoms with Gasteiger partial charge in [0.2, 0.25) is 0 Å². The first kappa shape index (κ1) is 8.83. The highest BCUT2D eigenvalue weighted by Crippen LogP contribution is 2.19. The number of benzene rings is 1. The zero-order valence-corrected chi connectivity index (χ0v) is 6.93. The fourth-order valence-electron chi connectivity index (χ4n) is 0.768. The molecule has 0 atom stereocenters. The zero-order valence-electron chi connectivity index (χ0n) is 6.17. The van der Waals surface area contributed by atoms with Crippen LogP contribution in [-0.4, -0.2) is 5.91 Å². The number of amides is 1. The number of anilines is 1. The van der Waals surface area contributed by atoms with Gasteiger partial charge in [0.15, 0.2) is 0 Å². The van der Waals surface area contributed by atoms with Gasteiger partial charge in [0, 0.05) is 5.56 Å². The van der Waals surface area contributed by atoms with Crippen LogP contribution >= 0.6 is 11.6 Å². The number of hydrazine groups is 1. The minimum atomic E-state index is -0.390. The van der Waals surface area contributed by atoms with Gasteiger partial charge in [0.25, 0.3) is 5.91 Å². The highest BCUT2D eigenvalue weighted by molar-refractivity contribution is 6.33. The Labute approximate surface area is 74.5 Å². The Morgan fingerprint density at radius 2 is 2.17 bits per heavy atom. The van der Waals surface area contributed by atoms with Crippen LogP contribution in [0.1, 0.15) is 10.4 Å². The molecule has 1 aromatic carbocycles. The number of halogens is 1. The molecule has 5 heteroatoms. The highest BCUT2D eigenvalue weighted by atomic mass is 35.5. The summed E-state index contributed by atoms with van der Waals surface area (Å²) in [5, 5.41) is 0.420. The molecule has 0 bridgehead atoms. The number of carbonyl (C=O) groups is 1. The third kappa shape index (κ3) is 1.66. The number of carbonyl (C=O) groups excluding carboxylic acids is 1. The minimum absolute atomic E-state index is 0.359. The average Bonchev–Trinajstić information content (AvgIpc) is 2.08. The maximum absolute atomic E-state index is 10.9. The van der Waals surface area contributed by atoms with Crippen molar-refractivity contribution < 1.29 is 4.79 Å². The lowest BCUT2D eigenvalue weighted by molar-refractivity contribution is 0.0953. The molecule has 0 unspecified atom stereocenters. The fraction of sp³-hybridized carbons (Fsp3) is 0. The van der Waals surface area contributed by atoms with Crippen LogP contribution in [0.25, 0.3) is 0 Å². The van der Waals surface area contributed by atoms with Gasteiger partial charge in [-0.25, -0.2) is 5.84 Å². The monoisotopic (exact) mass is 185 g/mol. The van der Waals surface area contributed by atoms with E-state index in [2.05, 4.69) is 0 Å². The predicted molar refractivity (Wildman–Crippen MR) is 47.5 cm³/mol. The van der Waals surface area contributed by atoms with Gasteiger partial charge in [-0.15, -0.1) is 0 Å². The van der Waals surface area contributed by atoms with Gasteiger partial charge >= 0.3 is 0 Å². The number of nitrogens with two attached hydrogens (primary N) is 2. The number of hydrogen-bond donors (Lipinski definition) is 3. The first-order valence-electron chi connectivity index (χ1n) is 3.21. The smallest absolute Gasteiger partial charge is 0.265 e. The summed E-state index contributed by atoms with van der Waals surface area (Å²) in [5.41, 5.74) is 8.20. The van der Waals surface area contributed by atoms with Crippen molar-refractivity contribution in [3.63, 3.8) is 0 Å². The van der Waals surface area contributed by atoms with E-state index in [1.165, 1.54) is 6.07 Å². The normalized spacial score (nSPS) is 9.50. The summed E-state index contributed by atoms with van der Waals surface area (Å²) in [5.74, 6) is 4.53. The van der Waals surface area contributed by atoms with E-state index in [-0.39, 0.29) is 0 Å². The van der Waals surface area contributed by atoms with Crippen LogP contribution in [-0.2, 0) is 0 Å². The van der Waals surface area contributed by atoms with Crippen molar-refractivity contribution in [1.82, 2.24) is 5.43 Å². The molecule has 1 amide bonds. The standard InChI is InChI=1S/C7H8ClN3O/c8-5-2-1-4(3-6(5)9)7(12)11-10/h1-3H,9-10H2,(H,11,12). The Morgan fingerprint density at radius 3 is 2.67 bits per heavy atom. The second-order valence-corrected chi connectivity index (χ2v) is 2.62. The summed E-state index contributed by atoms with van der Waals surface area (Å²) in [6.45, 7) is 0. The molecule has 0 aromatic heterocycles. The van der Waals surface area contributed by atoms with Crippen molar-refractivity contribution in [2.75, 3.05) is 5.73 Å². The first-order chi connectivity index (χ1) is 5.65. The van der Waals surface area contributed by atoms with E-state index in [1.807, 2.05) is 5.43 Å². The van der Waals surface area contributed by atoms with Crippen molar-refractivity contribution in [2.45, 2.75) is 0 Å². The summed E-state index contributed by atoms with van der Waals surface area (Å²) in [4.78, 5) is 10.9. The fourth-order valence-corrected chi connectivity index (χ4v) is 0.886. The molecule has 0 aliphatic heterocycles. The van der Waals surface area contributed by atoms with E-state index in [9.17, 15) is 4.79 Å². The van der Waals surface area contributed by atoms with Crippen LogP contribution in [0.4, 0.5) is 5.69 Å². The van der Waals surface area contributed by atoms with Gasteiger partial charge in [-0.2, -0.15) is 0 Å². The predicted octanol–water partition coefficient (Wildman–Crippen LogP) is 0.526. The van der Waals surface area contributed by atoms with Crippen molar-refractivity contribution in [3.05, 3.63) is 28.8 Å². The molecule has 64 valence electrons. The third-order valence-electron chi connectivity index (χ3n) is 1.39. The molecular weight excluding hydrogens is 178 g/mol. The quantitative estimate of drug-likeness (QED) is 0.258. The molecule has 0 fully saturated rings. The van der Waals surface area contributed by atoms with Crippen molar-refractivity contribution in [2.24, 2.45) is 5.84 Å². The first-order valence-corrected chi connectivity index (χ1v) is 3.59. The lowest BCUT2D eigenvalue weighted by atomic mass is 10.2. The summed E-state index contributed by atoms with van der Waals surface area (Å²) in [6, 6.07) is 4.55. The molecule has 0 aliphatic carbocycles. The molecule has 12 heavy (non-hydrogen) atoms. The summed E-state index contributed by atoms with van der Waals surface area (Å²) >= 11 is 5.64. The van der Waals surface area contributed by atoms with Gasteiger partial charge in [-0.3, -0.25) is 10.2 Å². The Kier molecular flexibility index (Phi) is 2.52. The van der Waals surface area contributed by atoms with E-state index >= 15 is 0 Å². The Morgan fingerprint density at radius 1 is 1.50 bits per heavy atom. The largest absolute Gasteiger partial charge is 0.398 e. The Bertz CT molecular complexity index is 314. The number of hydrogen-bond acceptors (Lipinski definition) is 3. The minimum Gasteiger partial charge on any atom is -0.398 e. The second kappa shape index (κ2) is 3.42. The highest BCUT2D eigenvalue weighted by Gasteiger charge is 2.04. The van der Waals surface area contributed by atoms with Gasteiger partial charge in [-0.1, -0.05) is 11.6 Å². The topological polar surface area (TPSA) is 81.1 Å². The molecule has 1 aromatic rings. The van der Waals surface area contributed by atoms with E-state index in [0.29, 0.717) is 16.3 Å². The maximum atomic E-state index is 10.9. The van der Waals surface area contributed by atoms with Crippen LogP contribution in [0.3, 0.4) is 0 Å². The molecule has 0 saturated heterocycles. The van der Waals surface area contributed by atoms with Crippen LogP contribution in [0, 0.1) is 0 Å². The number of nitrogen functional groups attached to an aromatic ring is 2. The summed E-state index contributed by atoms with van der Waals surface area (Å²) < 4.78 is 0. The lowest BCUT2D eigenvalue weighted by Crippen LogP contribution is -2.29. The number of nitrogens with one attached hydrogen (secondary N) is 1. The molecule has 0 aliphatic rings. The lowest BCUT2D eigenvalue weighted by Gasteiger charge is -2.01. The molecule has 1 rings (SSSR count). The zero-order chi connectivity index (χ0) is 9.14. The van der Waals surface area contributed by atoms with Crippen molar-refractivity contribution >= 4 is 23.2 Å². The van der Waals surface area contributed by atoms with Crippen LogP contribution < -0.4 is 17.0 Å². The van der Waals surface area contributed by atoms with E-state index in [1.54, 1.807) is 12.1 Å². The molecule has 0 spiro atoms. The van der Waals surface area contributed by atoms with Crippen LogP contribution in [0.15, 0.2) is 18.2 Å². The summed E-state index contributed by atoms with van der Waals surface area (Å²) in [7, 11) is 0. The van der Waals surface area contributed by atoms with Crippen molar-refractivity contribution in [3.8, 4) is 0 Å². The maximum Gasteiger partial charge on any atom is 0.265 e. The van der Waals surface area contributed by atoms with Crippen LogP contribution in [0.2, 0.25) is 5.02 Å². The van der Waals surface area contributed by atoms with Gasteiger partial charge < -0.3 is 5.73 Å². The second-order valence-electron chi connectivity index (χ2n) is 2.21. The van der Waals surface area contributed by atoms with Gasteiger partial charge in [-0.05, 0) is 18.2 Å². The molecule has 5 N–H and O–H groups in total. The Hall–Kier alpha value is -1.26. The molecule has 0 radical (unpaired) electrons. The average molecular weight is 186 g/mol. The van der Waals surface area contributed by atoms with Gasteiger partial charge in [0.05, 0.1) is 10.7 Å². The molecule has 0 heterocycles. The molecule has 4 nitrogen and oxygen atoms in total. The molecule has 0 saturated carbocycles. The van der Waals surface area contributed by atoms with Gasteiger partial charge in [0.1, 0.15) is 0 Å². The van der Waals surface area contributed by atoms with Crippen LogP contribution in [0.5, 0.6) is 0 Å². The van der Waals surface area contributed by atoms with E-state index < -0.39 is 5.91 Å². The van der Waals surface area contributed by atoms with E-state index in [4.69, 9.17) is 23.2 Å². The van der Waals surface area contributed by atoms with Crippen molar-refractivity contribution in [1.29, 1.82) is 0 Å². The molecular formula is C7H8ClN3O. The van der Waals surface area contributed by atoms with E-state index in [0.717, 1.165) is 0 Å². The number of rotatable bonds is 1. The SMILES string of the molecule is NNC(=O)c1ccc(Cl)c(N)c1. The Balaban J connectivity index is 3.05. The summed E-state index contributed by atoms with van der Waals surface area (Å²) in [6.07, 6.45) is 0.